The van der Waals surface area contributed by atoms with Gasteiger partial charge < -0.3 is 19.3 Å². The smallest absolute Gasteiger partial charge is 0.161 e. The number of benzene rings is 1. The first-order valence-electron chi connectivity index (χ1n) is 9.45. The number of fused-ring (bicyclic) bond motifs is 1. The molecule has 2 aliphatic rings. The summed E-state index contributed by atoms with van der Waals surface area (Å²) in [7, 11) is 3.22. The Morgan fingerprint density at radius 1 is 1.29 bits per heavy atom. The van der Waals surface area contributed by atoms with Crippen molar-refractivity contribution in [3.63, 3.8) is 0 Å². The highest BCUT2D eigenvalue weighted by atomic mass is 32.2. The molecule has 0 aromatic heterocycles. The van der Waals surface area contributed by atoms with Gasteiger partial charge in [-0.25, -0.2) is 0 Å². The van der Waals surface area contributed by atoms with Crippen LogP contribution in [0.2, 0.25) is 0 Å². The number of rotatable bonds is 8. The molecule has 7 nitrogen and oxygen atoms in total. The summed E-state index contributed by atoms with van der Waals surface area (Å²) in [5, 5.41) is 19.7. The third-order valence-corrected chi connectivity index (χ3v) is 6.18. The zero-order valence-corrected chi connectivity index (χ0v) is 17.2. The lowest BCUT2D eigenvalue weighted by Crippen LogP contribution is -2.41. The first-order valence-corrected chi connectivity index (χ1v) is 10.5. The van der Waals surface area contributed by atoms with E-state index in [4.69, 9.17) is 14.2 Å². The van der Waals surface area contributed by atoms with Gasteiger partial charge in [0.1, 0.15) is 5.25 Å². The van der Waals surface area contributed by atoms with Crippen molar-refractivity contribution < 1.29 is 19.3 Å². The van der Waals surface area contributed by atoms with Gasteiger partial charge in [-0.1, -0.05) is 0 Å². The van der Waals surface area contributed by atoms with Gasteiger partial charge in [0.15, 0.2) is 11.5 Å². The Labute approximate surface area is 170 Å². The highest BCUT2D eigenvalue weighted by Crippen LogP contribution is 2.34. The van der Waals surface area contributed by atoms with Crippen LogP contribution >= 0.6 is 11.8 Å². The maximum absolute atomic E-state index is 10.4. The Bertz CT molecular complexity index is 744. The molecular weight excluding hydrogens is 378 g/mol. The van der Waals surface area contributed by atoms with Crippen LogP contribution < -0.4 is 9.47 Å². The molecule has 0 aliphatic carbocycles. The van der Waals surface area contributed by atoms with Crippen LogP contribution in [0.4, 0.5) is 0 Å². The molecule has 2 aliphatic heterocycles. The third kappa shape index (κ3) is 4.97. The number of nitriles is 1. The lowest BCUT2D eigenvalue weighted by molar-refractivity contribution is 0.0188. The Morgan fingerprint density at radius 3 is 2.68 bits per heavy atom. The molecule has 1 saturated heterocycles. The molecule has 1 fully saturated rings. The van der Waals surface area contributed by atoms with Crippen molar-refractivity contribution in [1.29, 1.82) is 5.26 Å². The van der Waals surface area contributed by atoms with Crippen LogP contribution in [0, 0.1) is 11.3 Å². The fourth-order valence-corrected chi connectivity index (χ4v) is 4.45. The van der Waals surface area contributed by atoms with Gasteiger partial charge in [0, 0.05) is 37.5 Å². The van der Waals surface area contributed by atoms with Gasteiger partial charge >= 0.3 is 0 Å². The predicted octanol–water partition coefficient (Wildman–Crippen LogP) is 1.37. The average molecular weight is 406 g/mol. The van der Waals surface area contributed by atoms with Gasteiger partial charge in [-0.05, 0) is 24.1 Å². The molecule has 1 aromatic rings. The normalized spacial score (nSPS) is 19.1. The topological polar surface area (TPSA) is 87.3 Å². The lowest BCUT2D eigenvalue weighted by Gasteiger charge is -2.28. The standard InChI is InChI=1S/C20H27N3O4S/c1-25-17-9-14-3-4-22-20(16(14)10-18(17)26-2)19(11-21)28-13-15(24)12-23-5-7-27-8-6-23/h9-10,15,19,24H,3-8,12-13H2,1-2H3. The molecule has 1 aromatic carbocycles. The highest BCUT2D eigenvalue weighted by molar-refractivity contribution is 8.00. The van der Waals surface area contributed by atoms with Crippen molar-refractivity contribution >= 4 is 17.5 Å². The molecule has 0 spiro atoms. The quantitative estimate of drug-likeness (QED) is 0.699. The summed E-state index contributed by atoms with van der Waals surface area (Å²) in [6, 6.07) is 6.22. The predicted molar refractivity (Wildman–Crippen MR) is 110 cm³/mol. The SMILES string of the molecule is COc1cc2c(cc1OC)C(C(C#N)SCC(O)CN1CCOCC1)=NCC2. The molecule has 152 valence electrons. The minimum atomic E-state index is -0.493. The molecule has 0 bridgehead atoms. The van der Waals surface area contributed by atoms with E-state index in [1.54, 1.807) is 14.2 Å². The first kappa shape index (κ1) is 20.9. The van der Waals surface area contributed by atoms with Crippen LogP contribution in [-0.4, -0.2) is 86.4 Å². The molecule has 0 radical (unpaired) electrons. The Kier molecular flexibility index (Phi) is 7.57. The van der Waals surface area contributed by atoms with Crippen molar-refractivity contribution in [2.24, 2.45) is 4.99 Å². The molecule has 2 heterocycles. The van der Waals surface area contributed by atoms with Crippen LogP contribution in [0.5, 0.6) is 11.5 Å². The monoisotopic (exact) mass is 405 g/mol. The van der Waals surface area contributed by atoms with Gasteiger partial charge in [-0.3, -0.25) is 9.89 Å². The van der Waals surface area contributed by atoms with E-state index in [1.165, 1.54) is 11.8 Å². The van der Waals surface area contributed by atoms with Gasteiger partial charge in [0.25, 0.3) is 0 Å². The van der Waals surface area contributed by atoms with Crippen molar-refractivity contribution in [2.45, 2.75) is 17.8 Å². The zero-order chi connectivity index (χ0) is 19.9. The van der Waals surface area contributed by atoms with Crippen molar-refractivity contribution in [3.8, 4) is 17.6 Å². The highest BCUT2D eigenvalue weighted by Gasteiger charge is 2.26. The summed E-state index contributed by atoms with van der Waals surface area (Å²) in [6.45, 7) is 4.34. The molecule has 2 unspecified atom stereocenters. The summed E-state index contributed by atoms with van der Waals surface area (Å²) in [5.74, 6) is 1.80. The maximum atomic E-state index is 10.4. The van der Waals surface area contributed by atoms with Crippen LogP contribution in [0.25, 0.3) is 0 Å². The summed E-state index contributed by atoms with van der Waals surface area (Å²) in [5.41, 5.74) is 2.80. The number of morpholine rings is 1. The van der Waals surface area contributed by atoms with Gasteiger partial charge in [-0.15, -0.1) is 11.8 Å². The lowest BCUT2D eigenvalue weighted by atomic mass is 9.95. The summed E-state index contributed by atoms with van der Waals surface area (Å²) in [4.78, 5) is 6.83. The van der Waals surface area contributed by atoms with E-state index < -0.39 is 11.4 Å². The molecule has 0 amide bonds. The fourth-order valence-electron chi connectivity index (χ4n) is 3.49. The molecule has 28 heavy (non-hydrogen) atoms. The van der Waals surface area contributed by atoms with Crippen molar-refractivity contribution in [1.82, 2.24) is 4.90 Å². The minimum Gasteiger partial charge on any atom is -0.493 e. The second kappa shape index (κ2) is 10.1. The van der Waals surface area contributed by atoms with Crippen LogP contribution in [-0.2, 0) is 11.2 Å². The molecular formula is C20H27N3O4S. The molecule has 2 atom stereocenters. The Morgan fingerprint density at radius 2 is 2.00 bits per heavy atom. The number of β-amino-alcohol motifs (C(OH)–C–C–N with tert-alkyl or cyclic N) is 1. The number of hydrogen-bond acceptors (Lipinski definition) is 8. The van der Waals surface area contributed by atoms with Gasteiger partial charge in [0.05, 0.1) is 45.3 Å². The number of aliphatic imine (C=N–C) groups is 1. The number of hydrogen-bond donors (Lipinski definition) is 1. The molecule has 0 saturated carbocycles. The maximum Gasteiger partial charge on any atom is 0.161 e. The van der Waals surface area contributed by atoms with Gasteiger partial charge in [-0.2, -0.15) is 5.26 Å². The van der Waals surface area contributed by atoms with Crippen LogP contribution in [0.3, 0.4) is 0 Å². The number of ether oxygens (including phenoxy) is 3. The minimum absolute atomic E-state index is 0.434. The summed E-state index contributed by atoms with van der Waals surface area (Å²) >= 11 is 1.44. The summed E-state index contributed by atoms with van der Waals surface area (Å²) in [6.07, 6.45) is 0.315. The molecule has 3 rings (SSSR count). The van der Waals surface area contributed by atoms with E-state index in [0.29, 0.717) is 43.6 Å². The number of nitrogens with zero attached hydrogens (tertiary/aromatic N) is 3. The van der Waals surface area contributed by atoms with E-state index in [-0.39, 0.29) is 0 Å². The Hall–Kier alpha value is -1.79. The third-order valence-electron chi connectivity index (χ3n) is 4.94. The van der Waals surface area contributed by atoms with Crippen LogP contribution in [0.15, 0.2) is 17.1 Å². The van der Waals surface area contributed by atoms with E-state index in [0.717, 1.165) is 36.3 Å². The van der Waals surface area contributed by atoms with E-state index in [9.17, 15) is 10.4 Å². The van der Waals surface area contributed by atoms with Crippen LogP contribution in [0.1, 0.15) is 11.1 Å². The average Bonchev–Trinajstić information content (AvgIpc) is 2.73. The van der Waals surface area contributed by atoms with Crippen molar-refractivity contribution in [3.05, 3.63) is 23.3 Å². The van der Waals surface area contributed by atoms with E-state index in [1.807, 2.05) is 12.1 Å². The largest absolute Gasteiger partial charge is 0.493 e. The van der Waals surface area contributed by atoms with Crippen molar-refractivity contribution in [2.75, 3.05) is 59.4 Å². The molecule has 1 N–H and O–H groups in total. The zero-order valence-electron chi connectivity index (χ0n) is 16.4. The second-order valence-electron chi connectivity index (χ2n) is 6.79. The number of aliphatic hydroxyl groups excluding tert-OH is 1. The second-order valence-corrected chi connectivity index (χ2v) is 7.93. The molecule has 8 heteroatoms. The van der Waals surface area contributed by atoms with Gasteiger partial charge in [0.2, 0.25) is 0 Å². The number of methoxy groups -OCH3 is 2. The number of aliphatic hydroxyl groups is 1. The number of thioether (sulfide) groups is 1. The van der Waals surface area contributed by atoms with E-state index in [2.05, 4.69) is 16.0 Å². The Balaban J connectivity index is 1.67. The van der Waals surface area contributed by atoms with E-state index >= 15 is 0 Å². The first-order chi connectivity index (χ1) is 13.7. The fraction of sp³-hybridized carbons (Fsp3) is 0.600. The summed E-state index contributed by atoms with van der Waals surface area (Å²) < 4.78 is 16.2.